The molecule has 0 saturated carbocycles. The number of ether oxygens (including phenoxy) is 2. The fourth-order valence-corrected chi connectivity index (χ4v) is 2.11. The number of hydrogen-bond donors (Lipinski definition) is 1. The van der Waals surface area contributed by atoms with Crippen LogP contribution in [0.2, 0.25) is 5.02 Å². The van der Waals surface area contributed by atoms with E-state index in [0.29, 0.717) is 28.7 Å². The zero-order valence-corrected chi connectivity index (χ0v) is 12.5. The van der Waals surface area contributed by atoms with Crippen molar-refractivity contribution in [3.05, 3.63) is 58.6 Å². The Kier molecular flexibility index (Phi) is 4.95. The van der Waals surface area contributed by atoms with Gasteiger partial charge in [-0.25, -0.2) is 0 Å². The van der Waals surface area contributed by atoms with Crippen molar-refractivity contribution in [2.24, 2.45) is 5.73 Å². The highest BCUT2D eigenvalue weighted by atomic mass is 35.5. The average Bonchev–Trinajstić information content (AvgIpc) is 2.41. The minimum atomic E-state index is 0.246. The van der Waals surface area contributed by atoms with Gasteiger partial charge in [-0.05, 0) is 35.9 Å². The molecule has 0 aliphatic rings. The van der Waals surface area contributed by atoms with Gasteiger partial charge in [0.25, 0.3) is 0 Å². The molecule has 2 rings (SSSR count). The molecule has 0 saturated heterocycles. The predicted octanol–water partition coefficient (Wildman–Crippen LogP) is 3.91. The number of hydrogen-bond acceptors (Lipinski definition) is 3. The molecule has 5 heteroatoms. The van der Waals surface area contributed by atoms with E-state index >= 15 is 0 Å². The summed E-state index contributed by atoms with van der Waals surface area (Å²) >= 11 is 11.0. The van der Waals surface area contributed by atoms with Crippen LogP contribution >= 0.6 is 23.8 Å². The molecule has 0 amide bonds. The van der Waals surface area contributed by atoms with E-state index in [2.05, 4.69) is 0 Å². The predicted molar refractivity (Wildman–Crippen MR) is 84.6 cm³/mol. The van der Waals surface area contributed by atoms with Crippen molar-refractivity contribution < 1.29 is 9.47 Å². The average molecular weight is 308 g/mol. The maximum absolute atomic E-state index is 5.94. The third kappa shape index (κ3) is 3.70. The van der Waals surface area contributed by atoms with Gasteiger partial charge in [-0.2, -0.15) is 0 Å². The number of halogens is 1. The van der Waals surface area contributed by atoms with Gasteiger partial charge in [-0.15, -0.1) is 0 Å². The molecule has 104 valence electrons. The highest BCUT2D eigenvalue weighted by Gasteiger charge is 2.09. The minimum Gasteiger partial charge on any atom is -0.457 e. The van der Waals surface area contributed by atoms with E-state index in [1.165, 1.54) is 0 Å². The molecule has 0 spiro atoms. The van der Waals surface area contributed by atoms with Crippen LogP contribution in [-0.4, -0.2) is 12.1 Å². The third-order valence-corrected chi connectivity index (χ3v) is 3.10. The van der Waals surface area contributed by atoms with Crippen molar-refractivity contribution in [3.8, 4) is 11.5 Å². The quantitative estimate of drug-likeness (QED) is 0.851. The zero-order valence-electron chi connectivity index (χ0n) is 10.9. The van der Waals surface area contributed by atoms with Crippen molar-refractivity contribution in [2.75, 3.05) is 7.11 Å². The molecule has 0 radical (unpaired) electrons. The Morgan fingerprint density at radius 1 is 1.25 bits per heavy atom. The van der Waals surface area contributed by atoms with Crippen LogP contribution in [0.1, 0.15) is 11.1 Å². The second kappa shape index (κ2) is 6.70. The molecule has 0 unspecified atom stereocenters. The van der Waals surface area contributed by atoms with Crippen LogP contribution < -0.4 is 10.5 Å². The highest BCUT2D eigenvalue weighted by Crippen LogP contribution is 2.28. The minimum absolute atomic E-state index is 0.246. The maximum Gasteiger partial charge on any atom is 0.137 e. The molecule has 0 fully saturated rings. The Morgan fingerprint density at radius 3 is 2.75 bits per heavy atom. The topological polar surface area (TPSA) is 44.5 Å². The SMILES string of the molecule is COCc1cccc(Oc2ccc(Cl)cc2C(N)=S)c1. The van der Waals surface area contributed by atoms with Crippen molar-refractivity contribution in [3.63, 3.8) is 0 Å². The van der Waals surface area contributed by atoms with Crippen LogP contribution in [0.4, 0.5) is 0 Å². The summed E-state index contributed by atoms with van der Waals surface area (Å²) in [5.41, 5.74) is 7.33. The van der Waals surface area contributed by atoms with Crippen molar-refractivity contribution in [2.45, 2.75) is 6.61 Å². The van der Waals surface area contributed by atoms with Gasteiger partial charge in [0.05, 0.1) is 12.2 Å². The lowest BCUT2D eigenvalue weighted by Gasteiger charge is -2.11. The summed E-state index contributed by atoms with van der Waals surface area (Å²) in [4.78, 5) is 0.246. The highest BCUT2D eigenvalue weighted by molar-refractivity contribution is 7.80. The fraction of sp³-hybridized carbons (Fsp3) is 0.133. The lowest BCUT2D eigenvalue weighted by atomic mass is 10.2. The van der Waals surface area contributed by atoms with Gasteiger partial charge in [0.2, 0.25) is 0 Å². The molecule has 20 heavy (non-hydrogen) atoms. The molecule has 0 atom stereocenters. The Hall–Kier alpha value is -1.62. The van der Waals surface area contributed by atoms with Gasteiger partial charge in [0, 0.05) is 12.1 Å². The van der Waals surface area contributed by atoms with Gasteiger partial charge in [-0.1, -0.05) is 36.0 Å². The van der Waals surface area contributed by atoms with Crippen LogP contribution in [0.3, 0.4) is 0 Å². The molecule has 0 aromatic heterocycles. The molecule has 2 aromatic rings. The number of benzene rings is 2. The summed E-state index contributed by atoms with van der Waals surface area (Å²) < 4.78 is 10.9. The first-order valence-corrected chi connectivity index (χ1v) is 6.74. The Bertz CT molecular complexity index is 631. The Labute approximate surface area is 128 Å². The molecule has 0 bridgehead atoms. The van der Waals surface area contributed by atoms with Crippen molar-refractivity contribution >= 4 is 28.8 Å². The molecule has 3 nitrogen and oxygen atoms in total. The van der Waals surface area contributed by atoms with Gasteiger partial charge in [0.1, 0.15) is 16.5 Å². The van der Waals surface area contributed by atoms with Gasteiger partial charge in [-0.3, -0.25) is 0 Å². The first kappa shape index (κ1) is 14.8. The van der Waals surface area contributed by atoms with E-state index in [4.69, 9.17) is 39.0 Å². The normalized spacial score (nSPS) is 10.3. The summed E-state index contributed by atoms with van der Waals surface area (Å²) in [6.07, 6.45) is 0. The first-order valence-electron chi connectivity index (χ1n) is 5.95. The van der Waals surface area contributed by atoms with E-state index in [-0.39, 0.29) is 4.99 Å². The molecular weight excluding hydrogens is 294 g/mol. The Balaban J connectivity index is 2.30. The second-order valence-corrected chi connectivity index (χ2v) is 5.06. The number of rotatable bonds is 5. The third-order valence-electron chi connectivity index (χ3n) is 2.64. The first-order chi connectivity index (χ1) is 9.60. The standard InChI is InChI=1S/C15H14ClNO2S/c1-18-9-10-3-2-4-12(7-10)19-14-6-5-11(16)8-13(14)15(17)20/h2-8H,9H2,1H3,(H2,17,20). The van der Waals surface area contributed by atoms with E-state index in [9.17, 15) is 0 Å². The number of nitrogens with two attached hydrogens (primary N) is 1. The van der Waals surface area contributed by atoms with Crippen LogP contribution in [0.15, 0.2) is 42.5 Å². The van der Waals surface area contributed by atoms with Crippen molar-refractivity contribution in [1.82, 2.24) is 0 Å². The lowest BCUT2D eigenvalue weighted by molar-refractivity contribution is 0.184. The smallest absolute Gasteiger partial charge is 0.137 e. The van der Waals surface area contributed by atoms with E-state index in [1.807, 2.05) is 24.3 Å². The van der Waals surface area contributed by atoms with Crippen LogP contribution in [0, 0.1) is 0 Å². The molecular formula is C15H14ClNO2S. The van der Waals surface area contributed by atoms with Crippen molar-refractivity contribution in [1.29, 1.82) is 0 Å². The lowest BCUT2D eigenvalue weighted by Crippen LogP contribution is -2.10. The summed E-state index contributed by atoms with van der Waals surface area (Å²) in [6, 6.07) is 12.8. The summed E-state index contributed by atoms with van der Waals surface area (Å²) in [7, 11) is 1.65. The molecule has 0 aliphatic heterocycles. The Morgan fingerprint density at radius 2 is 2.05 bits per heavy atom. The second-order valence-electron chi connectivity index (χ2n) is 4.19. The molecule has 2 N–H and O–H groups in total. The molecule has 2 aromatic carbocycles. The summed E-state index contributed by atoms with van der Waals surface area (Å²) in [6.45, 7) is 0.528. The fourth-order valence-electron chi connectivity index (χ4n) is 1.78. The van der Waals surface area contributed by atoms with Gasteiger partial charge >= 0.3 is 0 Å². The summed E-state index contributed by atoms with van der Waals surface area (Å²) in [5, 5.41) is 0.563. The van der Waals surface area contributed by atoms with Gasteiger partial charge < -0.3 is 15.2 Å². The number of thiocarbonyl (C=S) groups is 1. The van der Waals surface area contributed by atoms with E-state index in [0.717, 1.165) is 5.56 Å². The monoisotopic (exact) mass is 307 g/mol. The van der Waals surface area contributed by atoms with Crippen LogP contribution in [0.25, 0.3) is 0 Å². The van der Waals surface area contributed by atoms with Gasteiger partial charge in [0.15, 0.2) is 0 Å². The van der Waals surface area contributed by atoms with Crippen LogP contribution in [0.5, 0.6) is 11.5 Å². The molecule has 0 heterocycles. The van der Waals surface area contributed by atoms with E-state index < -0.39 is 0 Å². The van der Waals surface area contributed by atoms with E-state index in [1.54, 1.807) is 25.3 Å². The van der Waals surface area contributed by atoms with Crippen LogP contribution in [-0.2, 0) is 11.3 Å². The number of methoxy groups -OCH3 is 1. The summed E-state index contributed by atoms with van der Waals surface area (Å²) in [5.74, 6) is 1.27. The maximum atomic E-state index is 5.94. The molecule has 0 aliphatic carbocycles. The zero-order chi connectivity index (χ0) is 14.5. The largest absolute Gasteiger partial charge is 0.457 e.